The highest BCUT2D eigenvalue weighted by Crippen LogP contribution is 2.19. The fourth-order valence-electron chi connectivity index (χ4n) is 2.51. The largest absolute Gasteiger partial charge is 0.340 e. The van der Waals surface area contributed by atoms with E-state index in [1.807, 2.05) is 45.0 Å². The monoisotopic (exact) mass is 433 g/mol. The lowest BCUT2D eigenvalue weighted by molar-refractivity contribution is -0.129. The maximum atomic E-state index is 12.5. The minimum absolute atomic E-state index is 0.129. The molecule has 0 radical (unpaired) electrons. The third-order valence-corrected chi connectivity index (χ3v) is 5.40. The van der Waals surface area contributed by atoms with Crippen molar-refractivity contribution in [1.29, 1.82) is 0 Å². The molecule has 0 aliphatic carbocycles. The summed E-state index contributed by atoms with van der Waals surface area (Å²) < 4.78 is 0. The Morgan fingerprint density at radius 3 is 2.28 bits per heavy atom. The average Bonchev–Trinajstić information content (AvgIpc) is 2.69. The molecule has 0 aliphatic rings. The van der Waals surface area contributed by atoms with E-state index in [0.29, 0.717) is 10.6 Å². The Morgan fingerprint density at radius 1 is 1.00 bits per heavy atom. The first-order chi connectivity index (χ1) is 13.8. The molecule has 0 fully saturated rings. The summed E-state index contributed by atoms with van der Waals surface area (Å²) in [6.07, 6.45) is 0. The molecule has 3 N–H and O–H groups in total. The lowest BCUT2D eigenvalue weighted by Crippen LogP contribution is -2.54. The van der Waals surface area contributed by atoms with Crippen LogP contribution in [-0.4, -0.2) is 29.5 Å². The van der Waals surface area contributed by atoms with Crippen LogP contribution in [0.25, 0.3) is 0 Å². The highest BCUT2D eigenvalue weighted by molar-refractivity contribution is 8.00. The van der Waals surface area contributed by atoms with E-state index in [0.717, 1.165) is 10.5 Å². The molecule has 0 aromatic heterocycles. The van der Waals surface area contributed by atoms with Crippen molar-refractivity contribution in [3.63, 3.8) is 0 Å². The zero-order valence-corrected chi connectivity index (χ0v) is 18.1. The molecule has 29 heavy (non-hydrogen) atoms. The van der Waals surface area contributed by atoms with Gasteiger partial charge in [0.05, 0.1) is 5.75 Å². The highest BCUT2D eigenvalue weighted by atomic mass is 35.5. The van der Waals surface area contributed by atoms with Crippen molar-refractivity contribution in [2.75, 3.05) is 5.75 Å². The topological polar surface area (TPSA) is 87.3 Å². The van der Waals surface area contributed by atoms with E-state index in [-0.39, 0.29) is 23.5 Å². The predicted octanol–water partition coefficient (Wildman–Crippen LogP) is 3.34. The number of hydrazine groups is 1. The molecule has 0 unspecified atom stereocenters. The zero-order valence-electron chi connectivity index (χ0n) is 16.5. The van der Waals surface area contributed by atoms with Crippen LogP contribution in [0.1, 0.15) is 29.8 Å². The van der Waals surface area contributed by atoms with Crippen molar-refractivity contribution in [2.45, 2.75) is 31.7 Å². The predicted molar refractivity (Wildman–Crippen MR) is 116 cm³/mol. The summed E-state index contributed by atoms with van der Waals surface area (Å²) in [5.74, 6) is -1.20. The number of benzene rings is 2. The van der Waals surface area contributed by atoms with Gasteiger partial charge in [-0.05, 0) is 48.7 Å². The SMILES string of the molecule is Cc1ccccc1C(=O)N[C@H](C(=O)NNC(=O)CSc1ccc(Cl)cc1)C(C)C. The van der Waals surface area contributed by atoms with Crippen molar-refractivity contribution in [3.8, 4) is 0 Å². The quantitative estimate of drug-likeness (QED) is 0.461. The molecular weight excluding hydrogens is 410 g/mol. The fraction of sp³-hybridized carbons (Fsp3) is 0.286. The Morgan fingerprint density at radius 2 is 1.66 bits per heavy atom. The number of nitrogens with one attached hydrogen (secondary N) is 3. The standard InChI is InChI=1S/C21H24ClN3O3S/c1-13(2)19(23-20(27)17-7-5-4-6-14(17)3)21(28)25-24-18(26)12-29-16-10-8-15(22)9-11-16/h4-11,13,19H,12H2,1-3H3,(H,23,27)(H,24,26)(H,25,28)/t19-/m0/s1. The normalized spacial score (nSPS) is 11.6. The summed E-state index contributed by atoms with van der Waals surface area (Å²) >= 11 is 7.15. The van der Waals surface area contributed by atoms with Crippen LogP contribution in [0.15, 0.2) is 53.4 Å². The molecule has 6 nitrogen and oxygen atoms in total. The lowest BCUT2D eigenvalue weighted by atomic mass is 10.0. The van der Waals surface area contributed by atoms with Gasteiger partial charge in [0.15, 0.2) is 0 Å². The van der Waals surface area contributed by atoms with Crippen LogP contribution in [0, 0.1) is 12.8 Å². The number of hydrogen-bond acceptors (Lipinski definition) is 4. The van der Waals surface area contributed by atoms with Gasteiger partial charge in [0.1, 0.15) is 6.04 Å². The van der Waals surface area contributed by atoms with Crippen molar-refractivity contribution < 1.29 is 14.4 Å². The second-order valence-electron chi connectivity index (χ2n) is 6.79. The zero-order chi connectivity index (χ0) is 21.4. The van der Waals surface area contributed by atoms with Gasteiger partial charge in [0, 0.05) is 15.5 Å². The van der Waals surface area contributed by atoms with Crippen LogP contribution in [-0.2, 0) is 9.59 Å². The summed E-state index contributed by atoms with van der Waals surface area (Å²) in [5.41, 5.74) is 6.11. The summed E-state index contributed by atoms with van der Waals surface area (Å²) in [6, 6.07) is 13.5. The molecule has 8 heteroatoms. The summed E-state index contributed by atoms with van der Waals surface area (Å²) in [4.78, 5) is 37.9. The fourth-order valence-corrected chi connectivity index (χ4v) is 3.33. The molecule has 2 aromatic rings. The number of carbonyl (C=O) groups is 3. The number of carbonyl (C=O) groups excluding carboxylic acids is 3. The maximum Gasteiger partial charge on any atom is 0.261 e. The van der Waals surface area contributed by atoms with Gasteiger partial charge in [-0.15, -0.1) is 11.8 Å². The number of rotatable bonds is 7. The lowest BCUT2D eigenvalue weighted by Gasteiger charge is -2.22. The maximum absolute atomic E-state index is 12.5. The summed E-state index contributed by atoms with van der Waals surface area (Å²) in [6.45, 7) is 5.47. The molecule has 0 saturated heterocycles. The van der Waals surface area contributed by atoms with E-state index in [1.165, 1.54) is 11.8 Å². The van der Waals surface area contributed by atoms with Gasteiger partial charge in [0.25, 0.3) is 11.8 Å². The first-order valence-electron chi connectivity index (χ1n) is 9.11. The number of thioether (sulfide) groups is 1. The van der Waals surface area contributed by atoms with Gasteiger partial charge in [-0.3, -0.25) is 25.2 Å². The van der Waals surface area contributed by atoms with Crippen molar-refractivity contribution in [3.05, 3.63) is 64.7 Å². The summed E-state index contributed by atoms with van der Waals surface area (Å²) in [7, 11) is 0. The Bertz CT molecular complexity index is 872. The molecule has 2 rings (SSSR count). The van der Waals surface area contributed by atoms with Crippen LogP contribution in [0.5, 0.6) is 0 Å². The molecule has 3 amide bonds. The number of amides is 3. The van der Waals surface area contributed by atoms with Gasteiger partial charge in [-0.25, -0.2) is 0 Å². The Hall–Kier alpha value is -2.51. The molecular formula is C21H24ClN3O3S. The van der Waals surface area contributed by atoms with E-state index in [2.05, 4.69) is 16.2 Å². The smallest absolute Gasteiger partial charge is 0.261 e. The first-order valence-corrected chi connectivity index (χ1v) is 10.5. The van der Waals surface area contributed by atoms with Crippen LogP contribution in [0.3, 0.4) is 0 Å². The number of halogens is 1. The van der Waals surface area contributed by atoms with E-state index in [4.69, 9.17) is 11.6 Å². The Kier molecular flexibility index (Phi) is 8.54. The summed E-state index contributed by atoms with van der Waals surface area (Å²) in [5, 5.41) is 3.36. The first kappa shape index (κ1) is 22.8. The number of aryl methyl sites for hydroxylation is 1. The minimum Gasteiger partial charge on any atom is -0.340 e. The van der Waals surface area contributed by atoms with E-state index in [1.54, 1.807) is 24.3 Å². The average molecular weight is 434 g/mol. The van der Waals surface area contributed by atoms with Gasteiger partial charge >= 0.3 is 0 Å². The van der Waals surface area contributed by atoms with E-state index < -0.39 is 11.9 Å². The number of hydrogen-bond donors (Lipinski definition) is 3. The van der Waals surface area contributed by atoms with E-state index in [9.17, 15) is 14.4 Å². The molecule has 0 aliphatic heterocycles. The molecule has 2 aromatic carbocycles. The van der Waals surface area contributed by atoms with Crippen LogP contribution in [0.2, 0.25) is 5.02 Å². The second kappa shape index (κ2) is 10.9. The second-order valence-corrected chi connectivity index (χ2v) is 8.28. The van der Waals surface area contributed by atoms with Crippen molar-refractivity contribution in [1.82, 2.24) is 16.2 Å². The molecule has 0 saturated carbocycles. The molecule has 1 atom stereocenters. The van der Waals surface area contributed by atoms with Crippen LogP contribution >= 0.6 is 23.4 Å². The third-order valence-electron chi connectivity index (χ3n) is 4.13. The molecule has 0 bridgehead atoms. The Balaban J connectivity index is 1.87. The van der Waals surface area contributed by atoms with Crippen molar-refractivity contribution >= 4 is 41.1 Å². The minimum atomic E-state index is -0.786. The Labute approximate surface area is 179 Å². The van der Waals surface area contributed by atoms with Gasteiger partial charge in [-0.2, -0.15) is 0 Å². The van der Waals surface area contributed by atoms with Gasteiger partial charge < -0.3 is 5.32 Å². The van der Waals surface area contributed by atoms with Gasteiger partial charge in [0.2, 0.25) is 5.91 Å². The highest BCUT2D eigenvalue weighted by Gasteiger charge is 2.25. The van der Waals surface area contributed by atoms with Crippen LogP contribution in [0.4, 0.5) is 0 Å². The third kappa shape index (κ3) is 7.11. The molecule has 154 valence electrons. The van der Waals surface area contributed by atoms with E-state index >= 15 is 0 Å². The molecule has 0 heterocycles. The van der Waals surface area contributed by atoms with Crippen LogP contribution < -0.4 is 16.2 Å². The molecule has 0 spiro atoms. The van der Waals surface area contributed by atoms with Gasteiger partial charge in [-0.1, -0.05) is 43.6 Å². The van der Waals surface area contributed by atoms with Crippen molar-refractivity contribution in [2.24, 2.45) is 5.92 Å².